The molecule has 2 N–H and O–H groups in total. The average Bonchev–Trinajstić information content (AvgIpc) is 2.71. The van der Waals surface area contributed by atoms with Crippen LogP contribution in [0.25, 0.3) is 0 Å². The highest BCUT2D eigenvalue weighted by atomic mass is 32.2. The molecule has 0 aromatic carbocycles. The first kappa shape index (κ1) is 14.9. The third-order valence-electron chi connectivity index (χ3n) is 3.45. The van der Waals surface area contributed by atoms with Gasteiger partial charge in [0.2, 0.25) is 0 Å². The van der Waals surface area contributed by atoms with Crippen molar-refractivity contribution >= 4 is 9.84 Å². The van der Waals surface area contributed by atoms with E-state index in [1.165, 1.54) is 12.8 Å². The normalized spacial score (nSPS) is 22.1. The Morgan fingerprint density at radius 1 is 1.35 bits per heavy atom. The number of nitrogens with two attached hydrogens (primary N) is 1. The Hall–Kier alpha value is -0.130. The first-order chi connectivity index (χ1) is 8.09. The molecular formula is C12H26N2O2S. The standard InChI is InChI=1S/C12H26N2O2S/c1-2-10-17(15,16)11-9-14-8-4-6-12(14)5-3-7-13/h12H,2-11,13H2,1H3. The average molecular weight is 262 g/mol. The van der Waals surface area contributed by atoms with Crippen molar-refractivity contribution < 1.29 is 8.42 Å². The van der Waals surface area contributed by atoms with Crippen LogP contribution in [0.5, 0.6) is 0 Å². The minimum Gasteiger partial charge on any atom is -0.330 e. The zero-order valence-corrected chi connectivity index (χ0v) is 11.7. The van der Waals surface area contributed by atoms with Gasteiger partial charge in [0.05, 0.1) is 5.75 Å². The minimum atomic E-state index is -2.83. The van der Waals surface area contributed by atoms with E-state index in [1.54, 1.807) is 0 Å². The summed E-state index contributed by atoms with van der Waals surface area (Å²) in [6.45, 7) is 4.41. The van der Waals surface area contributed by atoms with Crippen molar-refractivity contribution in [3.8, 4) is 0 Å². The van der Waals surface area contributed by atoms with E-state index >= 15 is 0 Å². The molecule has 0 spiro atoms. The molecule has 0 bridgehead atoms. The van der Waals surface area contributed by atoms with Gasteiger partial charge in [0, 0.05) is 18.3 Å². The second-order valence-electron chi connectivity index (χ2n) is 4.91. The molecule has 0 aromatic heterocycles. The van der Waals surface area contributed by atoms with Gasteiger partial charge in [-0.3, -0.25) is 4.90 Å². The van der Waals surface area contributed by atoms with Gasteiger partial charge in [0.15, 0.2) is 9.84 Å². The second kappa shape index (κ2) is 7.34. The lowest BCUT2D eigenvalue weighted by Crippen LogP contribution is -2.34. The SMILES string of the molecule is CCCS(=O)(=O)CCN1CCCC1CCCN. The summed E-state index contributed by atoms with van der Waals surface area (Å²) >= 11 is 0. The Kier molecular flexibility index (Phi) is 6.44. The maximum absolute atomic E-state index is 11.7. The van der Waals surface area contributed by atoms with Crippen molar-refractivity contribution in [2.45, 2.75) is 45.1 Å². The van der Waals surface area contributed by atoms with Gasteiger partial charge >= 0.3 is 0 Å². The van der Waals surface area contributed by atoms with Gasteiger partial charge in [0.1, 0.15) is 0 Å². The molecule has 0 radical (unpaired) electrons. The predicted molar refractivity (Wildman–Crippen MR) is 71.8 cm³/mol. The van der Waals surface area contributed by atoms with E-state index in [4.69, 9.17) is 5.73 Å². The molecule has 1 heterocycles. The minimum absolute atomic E-state index is 0.319. The number of sulfone groups is 1. The van der Waals surface area contributed by atoms with Crippen molar-refractivity contribution in [2.24, 2.45) is 5.73 Å². The third kappa shape index (κ3) is 5.36. The molecule has 1 aliphatic heterocycles. The van der Waals surface area contributed by atoms with E-state index in [0.717, 1.165) is 32.4 Å². The molecule has 1 unspecified atom stereocenters. The molecule has 4 nitrogen and oxygen atoms in total. The van der Waals surface area contributed by atoms with Crippen molar-refractivity contribution in [3.05, 3.63) is 0 Å². The molecule has 0 saturated carbocycles. The number of nitrogens with zero attached hydrogens (tertiary/aromatic N) is 1. The maximum Gasteiger partial charge on any atom is 0.151 e. The monoisotopic (exact) mass is 262 g/mol. The molecule has 1 atom stereocenters. The van der Waals surface area contributed by atoms with Crippen molar-refractivity contribution in [3.63, 3.8) is 0 Å². The Balaban J connectivity index is 2.35. The quantitative estimate of drug-likeness (QED) is 0.709. The molecule has 1 rings (SSSR count). The summed E-state index contributed by atoms with van der Waals surface area (Å²) in [6, 6.07) is 0.565. The van der Waals surface area contributed by atoms with E-state index < -0.39 is 9.84 Å². The summed E-state index contributed by atoms with van der Waals surface area (Å²) < 4.78 is 23.3. The van der Waals surface area contributed by atoms with E-state index in [-0.39, 0.29) is 0 Å². The van der Waals surface area contributed by atoms with Crippen LogP contribution in [0, 0.1) is 0 Å². The Morgan fingerprint density at radius 3 is 2.76 bits per heavy atom. The zero-order chi connectivity index (χ0) is 12.7. The number of hydrogen-bond acceptors (Lipinski definition) is 4. The van der Waals surface area contributed by atoms with Crippen molar-refractivity contribution in [1.29, 1.82) is 0 Å². The summed E-state index contributed by atoms with van der Waals surface area (Å²) in [7, 11) is -2.83. The smallest absolute Gasteiger partial charge is 0.151 e. The highest BCUT2D eigenvalue weighted by Crippen LogP contribution is 2.20. The van der Waals surface area contributed by atoms with E-state index in [0.29, 0.717) is 24.1 Å². The Morgan fingerprint density at radius 2 is 2.12 bits per heavy atom. The van der Waals surface area contributed by atoms with Crippen LogP contribution in [-0.4, -0.2) is 50.5 Å². The van der Waals surface area contributed by atoms with Crippen LogP contribution in [0.4, 0.5) is 0 Å². The fourth-order valence-corrected chi connectivity index (χ4v) is 3.88. The van der Waals surface area contributed by atoms with Gasteiger partial charge in [-0.25, -0.2) is 8.42 Å². The molecule has 1 saturated heterocycles. The van der Waals surface area contributed by atoms with Crippen LogP contribution in [-0.2, 0) is 9.84 Å². The maximum atomic E-state index is 11.7. The predicted octanol–water partition coefficient (Wildman–Crippen LogP) is 1.01. The summed E-state index contributed by atoms with van der Waals surface area (Å²) in [5.41, 5.74) is 5.52. The molecular weight excluding hydrogens is 236 g/mol. The molecule has 17 heavy (non-hydrogen) atoms. The lowest BCUT2D eigenvalue weighted by molar-refractivity contribution is 0.254. The van der Waals surface area contributed by atoms with Gasteiger partial charge in [-0.05, 0) is 45.2 Å². The highest BCUT2D eigenvalue weighted by Gasteiger charge is 2.24. The van der Waals surface area contributed by atoms with Crippen LogP contribution >= 0.6 is 0 Å². The van der Waals surface area contributed by atoms with Crippen LogP contribution in [0.3, 0.4) is 0 Å². The molecule has 5 heteroatoms. The number of likely N-dealkylation sites (tertiary alicyclic amines) is 1. The molecule has 1 fully saturated rings. The van der Waals surface area contributed by atoms with Crippen LogP contribution in [0.15, 0.2) is 0 Å². The zero-order valence-electron chi connectivity index (χ0n) is 10.9. The summed E-state index contributed by atoms with van der Waals surface area (Å²) in [4.78, 5) is 2.34. The van der Waals surface area contributed by atoms with Gasteiger partial charge in [-0.1, -0.05) is 6.92 Å². The number of rotatable bonds is 8. The first-order valence-electron chi connectivity index (χ1n) is 6.73. The Labute approximate surface area is 105 Å². The fourth-order valence-electron chi connectivity index (χ4n) is 2.54. The summed E-state index contributed by atoms with van der Waals surface area (Å²) in [5.74, 6) is 0.647. The van der Waals surface area contributed by atoms with E-state index in [1.807, 2.05) is 6.92 Å². The van der Waals surface area contributed by atoms with Gasteiger partial charge in [-0.2, -0.15) is 0 Å². The lowest BCUT2D eigenvalue weighted by atomic mass is 10.1. The van der Waals surface area contributed by atoms with Crippen LogP contribution in [0.2, 0.25) is 0 Å². The molecule has 102 valence electrons. The second-order valence-corrected chi connectivity index (χ2v) is 7.22. The van der Waals surface area contributed by atoms with Gasteiger partial charge < -0.3 is 5.73 Å². The van der Waals surface area contributed by atoms with Gasteiger partial charge in [0.25, 0.3) is 0 Å². The Bertz CT molecular complexity index is 304. The lowest BCUT2D eigenvalue weighted by Gasteiger charge is -2.24. The van der Waals surface area contributed by atoms with Crippen LogP contribution in [0.1, 0.15) is 39.0 Å². The largest absolute Gasteiger partial charge is 0.330 e. The molecule has 0 aromatic rings. The van der Waals surface area contributed by atoms with Crippen molar-refractivity contribution in [2.75, 3.05) is 31.1 Å². The highest BCUT2D eigenvalue weighted by molar-refractivity contribution is 7.91. The van der Waals surface area contributed by atoms with E-state index in [9.17, 15) is 8.42 Å². The third-order valence-corrected chi connectivity index (χ3v) is 5.28. The molecule has 0 amide bonds. The summed E-state index contributed by atoms with van der Waals surface area (Å²) in [6.07, 6.45) is 5.28. The van der Waals surface area contributed by atoms with Gasteiger partial charge in [-0.15, -0.1) is 0 Å². The van der Waals surface area contributed by atoms with Crippen LogP contribution < -0.4 is 5.73 Å². The summed E-state index contributed by atoms with van der Waals surface area (Å²) in [5, 5.41) is 0. The first-order valence-corrected chi connectivity index (χ1v) is 8.55. The number of hydrogen-bond donors (Lipinski definition) is 1. The fraction of sp³-hybridized carbons (Fsp3) is 1.00. The van der Waals surface area contributed by atoms with Crippen molar-refractivity contribution in [1.82, 2.24) is 4.90 Å². The van der Waals surface area contributed by atoms with E-state index in [2.05, 4.69) is 4.90 Å². The topological polar surface area (TPSA) is 63.4 Å². The molecule has 1 aliphatic rings. The molecule has 0 aliphatic carbocycles.